The molecule has 1 atom stereocenters. The first kappa shape index (κ1) is 26.1. The molecule has 1 aromatic carbocycles. The predicted molar refractivity (Wildman–Crippen MR) is 144 cm³/mol. The number of rotatable bonds is 5. The fraction of sp³-hybridized carbons (Fsp3) is 0.240. The first-order valence-electron chi connectivity index (χ1n) is 10.9. The lowest BCUT2D eigenvalue weighted by Crippen LogP contribution is -2.27. The van der Waals surface area contributed by atoms with Crippen LogP contribution in [0.5, 0.6) is 0 Å². The molecular formula is C25H26N4O4S2. The molecule has 35 heavy (non-hydrogen) atoms. The van der Waals surface area contributed by atoms with Crippen molar-refractivity contribution < 1.29 is 14.7 Å². The van der Waals surface area contributed by atoms with Gasteiger partial charge in [0.05, 0.1) is 10.5 Å². The molecule has 0 aliphatic carbocycles. The number of carbonyl (C=O) groups is 2. The number of amides is 1. The Balaban J connectivity index is 0.000000795. The number of carbonyl (C=O) groups excluding carboxylic acids is 1. The molecule has 4 rings (SSSR count). The fourth-order valence-corrected chi connectivity index (χ4v) is 4.85. The van der Waals surface area contributed by atoms with Crippen LogP contribution in [0.2, 0.25) is 0 Å². The maximum absolute atomic E-state index is 13.4. The molecule has 2 aromatic heterocycles. The van der Waals surface area contributed by atoms with Crippen molar-refractivity contribution in [3.05, 3.63) is 80.6 Å². The SMILES string of the molecule is CC(=O)O.CCN1C(=O)/C(=C\c2c(NC(C)c3ccccc3)nc3c(C)cccn3c2=O)SC1=S. The summed E-state index contributed by atoms with van der Waals surface area (Å²) in [6, 6.07) is 13.6. The second kappa shape index (κ2) is 11.3. The van der Waals surface area contributed by atoms with Crippen molar-refractivity contribution in [2.75, 3.05) is 11.9 Å². The number of nitrogens with one attached hydrogen (secondary N) is 1. The van der Waals surface area contributed by atoms with E-state index in [0.717, 1.165) is 18.1 Å². The molecule has 10 heteroatoms. The summed E-state index contributed by atoms with van der Waals surface area (Å²) >= 11 is 6.52. The van der Waals surface area contributed by atoms with Gasteiger partial charge in [0.2, 0.25) is 0 Å². The number of aromatic nitrogens is 2. The minimum atomic E-state index is -0.833. The third kappa shape index (κ3) is 5.95. The van der Waals surface area contributed by atoms with Crippen LogP contribution in [0.3, 0.4) is 0 Å². The minimum absolute atomic E-state index is 0.0862. The summed E-state index contributed by atoms with van der Waals surface area (Å²) in [5.74, 6) is -0.578. The summed E-state index contributed by atoms with van der Waals surface area (Å²) in [5.41, 5.74) is 2.63. The van der Waals surface area contributed by atoms with Gasteiger partial charge in [-0.15, -0.1) is 0 Å². The lowest BCUT2D eigenvalue weighted by molar-refractivity contribution is -0.134. The fourth-order valence-electron chi connectivity index (χ4n) is 3.49. The number of hydrogen-bond donors (Lipinski definition) is 2. The van der Waals surface area contributed by atoms with Crippen LogP contribution in [-0.2, 0) is 9.59 Å². The highest BCUT2D eigenvalue weighted by Crippen LogP contribution is 2.33. The number of nitrogens with zero attached hydrogens (tertiary/aromatic N) is 3. The third-order valence-corrected chi connectivity index (χ3v) is 6.58. The smallest absolute Gasteiger partial charge is 0.300 e. The van der Waals surface area contributed by atoms with E-state index in [1.807, 2.05) is 63.2 Å². The maximum Gasteiger partial charge on any atom is 0.300 e. The first-order valence-corrected chi connectivity index (χ1v) is 12.1. The molecule has 0 saturated carbocycles. The van der Waals surface area contributed by atoms with E-state index in [1.54, 1.807) is 12.3 Å². The molecule has 3 aromatic rings. The van der Waals surface area contributed by atoms with Gasteiger partial charge in [0.15, 0.2) is 0 Å². The number of fused-ring (bicyclic) bond motifs is 1. The number of pyridine rings is 1. The monoisotopic (exact) mass is 510 g/mol. The Morgan fingerprint density at radius 2 is 1.89 bits per heavy atom. The third-order valence-electron chi connectivity index (χ3n) is 5.20. The van der Waals surface area contributed by atoms with Gasteiger partial charge in [-0.2, -0.15) is 0 Å². The van der Waals surface area contributed by atoms with E-state index < -0.39 is 5.97 Å². The molecule has 1 aliphatic rings. The molecule has 0 bridgehead atoms. The average Bonchev–Trinajstić information content (AvgIpc) is 3.09. The van der Waals surface area contributed by atoms with Crippen LogP contribution >= 0.6 is 24.0 Å². The zero-order valence-corrected chi connectivity index (χ0v) is 21.4. The van der Waals surface area contributed by atoms with Crippen molar-refractivity contribution in [2.45, 2.75) is 33.7 Å². The van der Waals surface area contributed by atoms with Gasteiger partial charge in [0, 0.05) is 25.7 Å². The largest absolute Gasteiger partial charge is 0.481 e. The van der Waals surface area contributed by atoms with Crippen molar-refractivity contribution in [1.82, 2.24) is 14.3 Å². The molecule has 182 valence electrons. The Hall–Kier alpha value is -3.50. The van der Waals surface area contributed by atoms with Crippen LogP contribution in [0.25, 0.3) is 11.7 Å². The first-order chi connectivity index (χ1) is 16.6. The van der Waals surface area contributed by atoms with E-state index in [9.17, 15) is 9.59 Å². The summed E-state index contributed by atoms with van der Waals surface area (Å²) in [5, 5.41) is 10.8. The number of benzene rings is 1. The van der Waals surface area contributed by atoms with E-state index in [1.165, 1.54) is 21.1 Å². The number of aliphatic carboxylic acids is 1. The zero-order chi connectivity index (χ0) is 25.7. The van der Waals surface area contributed by atoms with Gasteiger partial charge in [-0.25, -0.2) is 4.98 Å². The highest BCUT2D eigenvalue weighted by Gasteiger charge is 2.31. The van der Waals surface area contributed by atoms with E-state index in [4.69, 9.17) is 27.1 Å². The maximum atomic E-state index is 13.4. The van der Waals surface area contributed by atoms with Crippen molar-refractivity contribution >= 4 is 57.7 Å². The van der Waals surface area contributed by atoms with E-state index >= 15 is 0 Å². The van der Waals surface area contributed by atoms with Crippen LogP contribution < -0.4 is 10.9 Å². The van der Waals surface area contributed by atoms with Gasteiger partial charge < -0.3 is 10.4 Å². The molecular weight excluding hydrogens is 484 g/mol. The highest BCUT2D eigenvalue weighted by atomic mass is 32.2. The molecule has 2 N–H and O–H groups in total. The molecule has 0 radical (unpaired) electrons. The van der Waals surface area contributed by atoms with Gasteiger partial charge >= 0.3 is 0 Å². The average molecular weight is 511 g/mol. The number of likely N-dealkylation sites (N-methyl/N-ethyl adjacent to an activating group) is 1. The van der Waals surface area contributed by atoms with Crippen LogP contribution in [0.15, 0.2) is 58.4 Å². The quantitative estimate of drug-likeness (QED) is 0.382. The van der Waals surface area contributed by atoms with E-state index in [2.05, 4.69) is 5.32 Å². The normalized spacial score (nSPS) is 15.2. The zero-order valence-electron chi connectivity index (χ0n) is 19.8. The molecule has 8 nitrogen and oxygen atoms in total. The van der Waals surface area contributed by atoms with Gasteiger partial charge in [-0.1, -0.05) is 60.4 Å². The number of carboxylic acids is 1. The number of thioether (sulfide) groups is 1. The molecule has 0 spiro atoms. The van der Waals surface area contributed by atoms with Crippen molar-refractivity contribution in [3.8, 4) is 0 Å². The second-order valence-corrected chi connectivity index (χ2v) is 9.46. The Kier molecular flexibility index (Phi) is 8.42. The van der Waals surface area contributed by atoms with Crippen molar-refractivity contribution in [1.29, 1.82) is 0 Å². The molecule has 3 heterocycles. The van der Waals surface area contributed by atoms with Gasteiger partial charge in [-0.3, -0.25) is 23.7 Å². The number of aryl methyl sites for hydroxylation is 1. The summed E-state index contributed by atoms with van der Waals surface area (Å²) < 4.78 is 2.01. The standard InChI is InChI=1S/C23H22N4O2S2.C2H4O2/c1-4-26-22(29)18(31-23(26)30)13-17-19(24-15(3)16-10-6-5-7-11-16)25-20-14(2)9-8-12-27(20)21(17)28;1-2(3)4/h5-13,15,24H,4H2,1-3H3;1H3,(H,3,4)/b18-13+;. The summed E-state index contributed by atoms with van der Waals surface area (Å²) in [7, 11) is 0. The van der Waals surface area contributed by atoms with Crippen molar-refractivity contribution in [2.24, 2.45) is 0 Å². The van der Waals surface area contributed by atoms with Gasteiger partial charge in [0.1, 0.15) is 15.8 Å². The number of carboxylic acid groups (broad SMARTS) is 1. The highest BCUT2D eigenvalue weighted by molar-refractivity contribution is 8.26. The minimum Gasteiger partial charge on any atom is -0.481 e. The Morgan fingerprint density at radius 1 is 1.23 bits per heavy atom. The summed E-state index contributed by atoms with van der Waals surface area (Å²) in [4.78, 5) is 41.9. The number of hydrogen-bond acceptors (Lipinski definition) is 7. The van der Waals surface area contributed by atoms with E-state index in [-0.39, 0.29) is 17.5 Å². The molecule has 1 amide bonds. The Bertz CT molecular complexity index is 1370. The molecule has 1 fully saturated rings. The number of thiocarbonyl (C=S) groups is 1. The lowest BCUT2D eigenvalue weighted by atomic mass is 10.1. The Morgan fingerprint density at radius 3 is 2.49 bits per heavy atom. The van der Waals surface area contributed by atoms with Crippen LogP contribution in [0.4, 0.5) is 5.82 Å². The van der Waals surface area contributed by atoms with E-state index in [0.29, 0.717) is 32.8 Å². The van der Waals surface area contributed by atoms with Crippen LogP contribution in [-0.4, -0.2) is 42.1 Å². The lowest BCUT2D eigenvalue weighted by Gasteiger charge is -2.18. The van der Waals surface area contributed by atoms with Crippen LogP contribution in [0.1, 0.15) is 43.5 Å². The molecule has 1 saturated heterocycles. The second-order valence-electron chi connectivity index (χ2n) is 7.79. The Labute approximate surface area is 212 Å². The molecule has 1 unspecified atom stereocenters. The van der Waals surface area contributed by atoms with Crippen LogP contribution in [0, 0.1) is 6.92 Å². The van der Waals surface area contributed by atoms with Gasteiger partial charge in [-0.05, 0) is 44.0 Å². The predicted octanol–water partition coefficient (Wildman–Crippen LogP) is 4.49. The summed E-state index contributed by atoms with van der Waals surface area (Å²) in [6.07, 6.45) is 3.30. The topological polar surface area (TPSA) is 104 Å². The molecule has 1 aliphatic heterocycles. The summed E-state index contributed by atoms with van der Waals surface area (Å²) in [6.45, 7) is 7.37. The van der Waals surface area contributed by atoms with Gasteiger partial charge in [0.25, 0.3) is 17.4 Å². The van der Waals surface area contributed by atoms with Crippen molar-refractivity contribution in [3.63, 3.8) is 0 Å². The number of anilines is 1.